The van der Waals surface area contributed by atoms with Crippen molar-refractivity contribution < 1.29 is 14.6 Å². The van der Waals surface area contributed by atoms with Crippen LogP contribution in [0.3, 0.4) is 0 Å². The third kappa shape index (κ3) is 4.95. The number of likely N-dealkylation sites (tertiary alicyclic amines) is 1. The number of carbonyl (C=O) groups is 1. The summed E-state index contributed by atoms with van der Waals surface area (Å²) in [6, 6.07) is 10.6. The molecule has 1 amide bonds. The van der Waals surface area contributed by atoms with Gasteiger partial charge in [0.15, 0.2) is 0 Å². The number of hydrogen-bond acceptors (Lipinski definition) is 3. The number of aromatic amines is 1. The van der Waals surface area contributed by atoms with E-state index in [1.807, 2.05) is 6.20 Å². The van der Waals surface area contributed by atoms with E-state index in [1.54, 1.807) is 4.90 Å². The van der Waals surface area contributed by atoms with Crippen LogP contribution in [0, 0.1) is 0 Å². The zero-order chi connectivity index (χ0) is 21.8. The summed E-state index contributed by atoms with van der Waals surface area (Å²) in [5.74, 6) is 1.06. The summed E-state index contributed by atoms with van der Waals surface area (Å²) >= 11 is 0. The van der Waals surface area contributed by atoms with E-state index in [1.165, 1.54) is 11.1 Å². The summed E-state index contributed by atoms with van der Waals surface area (Å²) in [4.78, 5) is 13.6. The molecule has 2 N–H and O–H groups in total. The summed E-state index contributed by atoms with van der Waals surface area (Å²) in [5.41, 5.74) is 3.69. The minimum atomic E-state index is -0.850. The first-order valence-electron chi connectivity index (χ1n) is 11.7. The molecule has 0 bridgehead atoms. The third-order valence-corrected chi connectivity index (χ3v) is 7.16. The number of piperidine rings is 1. The second-order valence-electron chi connectivity index (χ2n) is 9.40. The van der Waals surface area contributed by atoms with Crippen LogP contribution >= 0.6 is 0 Å². The summed E-state index contributed by atoms with van der Waals surface area (Å²) in [6.45, 7) is 5.34. The molecule has 1 aliphatic heterocycles. The van der Waals surface area contributed by atoms with E-state index in [0.717, 1.165) is 44.2 Å². The second kappa shape index (κ2) is 9.86. The first-order chi connectivity index (χ1) is 15.0. The topological polar surface area (TPSA) is 78.5 Å². The standard InChI is InChI=1S/C25H35N3O3/c1-17(2)22-15-26-27-24(22)21-9-6-14-28(25(29)30)23(21)16-31-20-12-10-19(11-13-20)18-7-4-3-5-8-18/h3-5,7-8,15,17,19-21,23H,6,9-14,16H2,1-2H3,(H,26,27)(H,29,30)/t19?,20?,21-,23-/m0/s1. The molecular formula is C25H35N3O3. The fraction of sp³-hybridized carbons (Fsp3) is 0.600. The molecule has 1 aromatic heterocycles. The van der Waals surface area contributed by atoms with Gasteiger partial charge in [0.25, 0.3) is 0 Å². The summed E-state index contributed by atoms with van der Waals surface area (Å²) in [7, 11) is 0. The Labute approximate surface area is 185 Å². The molecule has 0 spiro atoms. The lowest BCUT2D eigenvalue weighted by atomic mass is 9.82. The van der Waals surface area contributed by atoms with Gasteiger partial charge in [0, 0.05) is 18.2 Å². The number of benzene rings is 1. The van der Waals surface area contributed by atoms with Crippen molar-refractivity contribution in [3.63, 3.8) is 0 Å². The number of ether oxygens (including phenoxy) is 1. The van der Waals surface area contributed by atoms with E-state index in [4.69, 9.17) is 4.74 Å². The number of amides is 1. The molecule has 2 aromatic rings. The van der Waals surface area contributed by atoms with E-state index in [0.29, 0.717) is 25.0 Å². The highest BCUT2D eigenvalue weighted by Gasteiger charge is 2.38. The molecule has 4 rings (SSSR count). The van der Waals surface area contributed by atoms with Crippen LogP contribution in [0.4, 0.5) is 4.79 Å². The van der Waals surface area contributed by atoms with Crippen LogP contribution in [0.5, 0.6) is 0 Å². The van der Waals surface area contributed by atoms with Gasteiger partial charge in [0.05, 0.1) is 24.9 Å². The Morgan fingerprint density at radius 2 is 1.94 bits per heavy atom. The number of rotatable bonds is 6. The summed E-state index contributed by atoms with van der Waals surface area (Å²) in [5, 5.41) is 17.3. The zero-order valence-corrected chi connectivity index (χ0v) is 18.7. The van der Waals surface area contributed by atoms with Crippen LogP contribution in [-0.4, -0.2) is 51.6 Å². The molecule has 0 radical (unpaired) electrons. The van der Waals surface area contributed by atoms with Crippen molar-refractivity contribution in [2.24, 2.45) is 0 Å². The lowest BCUT2D eigenvalue weighted by Gasteiger charge is -2.40. The fourth-order valence-corrected chi connectivity index (χ4v) is 5.42. The van der Waals surface area contributed by atoms with Crippen molar-refractivity contribution in [1.29, 1.82) is 0 Å². The first kappa shape index (κ1) is 21.9. The normalized spacial score (nSPS) is 26.9. The average molecular weight is 426 g/mol. The summed E-state index contributed by atoms with van der Waals surface area (Å²) < 4.78 is 6.38. The van der Waals surface area contributed by atoms with Gasteiger partial charge in [-0.15, -0.1) is 0 Å². The molecule has 0 unspecified atom stereocenters. The summed E-state index contributed by atoms with van der Waals surface area (Å²) in [6.07, 6.45) is 7.40. The predicted octanol–water partition coefficient (Wildman–Crippen LogP) is 5.50. The molecule has 1 aromatic carbocycles. The monoisotopic (exact) mass is 425 g/mol. The van der Waals surface area contributed by atoms with E-state index in [9.17, 15) is 9.90 Å². The maximum absolute atomic E-state index is 12.0. The minimum Gasteiger partial charge on any atom is -0.465 e. The number of hydrogen-bond donors (Lipinski definition) is 2. The number of aromatic nitrogens is 2. The highest BCUT2D eigenvalue weighted by atomic mass is 16.5. The van der Waals surface area contributed by atoms with Gasteiger partial charge in [-0.05, 0) is 61.5 Å². The van der Waals surface area contributed by atoms with Crippen molar-refractivity contribution >= 4 is 6.09 Å². The smallest absolute Gasteiger partial charge is 0.407 e. The van der Waals surface area contributed by atoms with Crippen molar-refractivity contribution in [3.8, 4) is 0 Å². The Balaban J connectivity index is 1.41. The van der Waals surface area contributed by atoms with E-state index < -0.39 is 6.09 Å². The molecule has 2 aliphatic rings. The Bertz CT molecular complexity index is 843. The van der Waals surface area contributed by atoms with Crippen LogP contribution in [-0.2, 0) is 4.74 Å². The predicted molar refractivity (Wildman–Crippen MR) is 121 cm³/mol. The second-order valence-corrected chi connectivity index (χ2v) is 9.40. The molecule has 6 heteroatoms. The van der Waals surface area contributed by atoms with Crippen molar-refractivity contribution in [2.75, 3.05) is 13.2 Å². The molecule has 6 nitrogen and oxygen atoms in total. The van der Waals surface area contributed by atoms with Crippen LogP contribution in [0.15, 0.2) is 36.5 Å². The average Bonchev–Trinajstić information content (AvgIpc) is 3.28. The van der Waals surface area contributed by atoms with Gasteiger partial charge in [-0.3, -0.25) is 5.10 Å². The Kier molecular flexibility index (Phi) is 6.96. The number of nitrogens with one attached hydrogen (secondary N) is 1. The van der Waals surface area contributed by atoms with Crippen molar-refractivity contribution in [2.45, 2.75) is 82.3 Å². The van der Waals surface area contributed by atoms with Crippen LogP contribution in [0.25, 0.3) is 0 Å². The van der Waals surface area contributed by atoms with E-state index in [2.05, 4.69) is 54.4 Å². The SMILES string of the molecule is CC(C)c1cn[nH]c1[C@H]1CCCN(C(=O)O)[C@H]1COC1CCC(c2ccccc2)CC1. The molecule has 31 heavy (non-hydrogen) atoms. The molecule has 1 saturated carbocycles. The number of nitrogens with zero attached hydrogens (tertiary/aromatic N) is 2. The Hall–Kier alpha value is -2.34. The van der Waals surface area contributed by atoms with Gasteiger partial charge in [-0.2, -0.15) is 5.10 Å². The van der Waals surface area contributed by atoms with Gasteiger partial charge >= 0.3 is 6.09 Å². The van der Waals surface area contributed by atoms with Gasteiger partial charge in [-0.25, -0.2) is 4.79 Å². The Morgan fingerprint density at radius 3 is 2.61 bits per heavy atom. The molecule has 2 atom stereocenters. The highest BCUT2D eigenvalue weighted by molar-refractivity contribution is 5.66. The van der Waals surface area contributed by atoms with Crippen LogP contribution < -0.4 is 0 Å². The number of H-pyrrole nitrogens is 1. The van der Waals surface area contributed by atoms with E-state index in [-0.39, 0.29) is 18.1 Å². The minimum absolute atomic E-state index is 0.102. The van der Waals surface area contributed by atoms with Crippen LogP contribution in [0.1, 0.15) is 86.9 Å². The lowest BCUT2D eigenvalue weighted by Crippen LogP contribution is -2.50. The third-order valence-electron chi connectivity index (χ3n) is 7.16. The van der Waals surface area contributed by atoms with Gasteiger partial charge < -0.3 is 14.7 Å². The van der Waals surface area contributed by atoms with Gasteiger partial charge in [-0.1, -0.05) is 44.2 Å². The van der Waals surface area contributed by atoms with E-state index >= 15 is 0 Å². The van der Waals surface area contributed by atoms with Gasteiger partial charge in [0.2, 0.25) is 0 Å². The van der Waals surface area contributed by atoms with Crippen molar-refractivity contribution in [3.05, 3.63) is 53.3 Å². The number of carboxylic acid groups (broad SMARTS) is 1. The maximum atomic E-state index is 12.0. The fourth-order valence-electron chi connectivity index (χ4n) is 5.42. The van der Waals surface area contributed by atoms with Crippen LogP contribution in [0.2, 0.25) is 0 Å². The molecule has 1 aliphatic carbocycles. The molecule has 2 heterocycles. The van der Waals surface area contributed by atoms with Gasteiger partial charge in [0.1, 0.15) is 0 Å². The molecule has 168 valence electrons. The highest BCUT2D eigenvalue weighted by Crippen LogP contribution is 2.37. The molecular weight excluding hydrogens is 390 g/mol. The van der Waals surface area contributed by atoms with Crippen molar-refractivity contribution in [1.82, 2.24) is 15.1 Å². The first-order valence-corrected chi connectivity index (χ1v) is 11.7. The largest absolute Gasteiger partial charge is 0.465 e. The maximum Gasteiger partial charge on any atom is 0.407 e. The molecule has 1 saturated heterocycles. The quantitative estimate of drug-likeness (QED) is 0.640. The molecule has 2 fully saturated rings. The zero-order valence-electron chi connectivity index (χ0n) is 18.7. The lowest BCUT2D eigenvalue weighted by molar-refractivity contribution is -0.0224. The Morgan fingerprint density at radius 1 is 1.19 bits per heavy atom.